The van der Waals surface area contributed by atoms with Crippen molar-refractivity contribution in [3.63, 3.8) is 0 Å². The Kier molecular flexibility index (Phi) is 2.44. The Bertz CT molecular complexity index is 378. The summed E-state index contributed by atoms with van der Waals surface area (Å²) in [7, 11) is 0. The summed E-state index contributed by atoms with van der Waals surface area (Å²) in [5, 5.41) is 3.47. The van der Waals surface area contributed by atoms with Crippen molar-refractivity contribution in [2.75, 3.05) is 5.32 Å². The first-order valence-electron chi connectivity index (χ1n) is 4.51. The molecule has 0 bridgehead atoms. The van der Waals surface area contributed by atoms with Crippen LogP contribution in [0.15, 0.2) is 18.2 Å². The van der Waals surface area contributed by atoms with Crippen LogP contribution in [0.1, 0.15) is 12.0 Å². The highest BCUT2D eigenvalue weighted by atomic mass is 35.5. The number of benzene rings is 1. The lowest BCUT2D eigenvalue weighted by atomic mass is 10.1. The number of hydrogen-bond donors (Lipinski definition) is 2. The van der Waals surface area contributed by atoms with E-state index in [1.807, 2.05) is 12.1 Å². The first-order chi connectivity index (χ1) is 6.66. The van der Waals surface area contributed by atoms with Crippen LogP contribution in [0.2, 0.25) is 5.02 Å². The Hall–Kier alpha value is -1.06. The largest absolute Gasteiger partial charge is 0.324 e. The van der Waals surface area contributed by atoms with E-state index in [0.29, 0.717) is 11.4 Å². The molecule has 1 aromatic rings. The summed E-state index contributed by atoms with van der Waals surface area (Å²) in [5.74, 6) is -0.119. The number of carbonyl (C=O) groups excluding carboxylic acids is 1. The highest BCUT2D eigenvalue weighted by molar-refractivity contribution is 6.30. The zero-order valence-corrected chi connectivity index (χ0v) is 8.34. The second-order valence-electron chi connectivity index (χ2n) is 3.44. The predicted octanol–water partition coefficient (Wildman–Crippen LogP) is 1.55. The molecule has 1 amide bonds. The number of nitrogens with one attached hydrogen (secondary N) is 1. The number of fused-ring (bicyclic) bond motifs is 1. The molecule has 14 heavy (non-hydrogen) atoms. The van der Waals surface area contributed by atoms with Crippen molar-refractivity contribution in [1.82, 2.24) is 0 Å². The van der Waals surface area contributed by atoms with Crippen molar-refractivity contribution < 1.29 is 4.79 Å². The molecule has 0 aromatic heterocycles. The third kappa shape index (κ3) is 1.74. The van der Waals surface area contributed by atoms with Gasteiger partial charge in [0.05, 0.1) is 6.04 Å². The van der Waals surface area contributed by atoms with E-state index in [2.05, 4.69) is 5.32 Å². The van der Waals surface area contributed by atoms with Gasteiger partial charge in [-0.25, -0.2) is 0 Å². The zero-order valence-electron chi connectivity index (χ0n) is 7.59. The fourth-order valence-electron chi connectivity index (χ4n) is 1.56. The van der Waals surface area contributed by atoms with E-state index in [-0.39, 0.29) is 5.91 Å². The van der Waals surface area contributed by atoms with Crippen LogP contribution in [0.4, 0.5) is 5.69 Å². The zero-order chi connectivity index (χ0) is 10.1. The molecule has 1 heterocycles. The van der Waals surface area contributed by atoms with Gasteiger partial charge < -0.3 is 11.1 Å². The van der Waals surface area contributed by atoms with Crippen LogP contribution >= 0.6 is 11.6 Å². The molecule has 0 aliphatic carbocycles. The number of aryl methyl sites for hydroxylation is 1. The molecule has 1 aromatic carbocycles. The summed E-state index contributed by atoms with van der Waals surface area (Å²) in [4.78, 5) is 11.4. The Morgan fingerprint density at radius 3 is 3.07 bits per heavy atom. The molecule has 0 spiro atoms. The van der Waals surface area contributed by atoms with Crippen LogP contribution in [0.5, 0.6) is 0 Å². The highest BCUT2D eigenvalue weighted by Gasteiger charge is 2.19. The van der Waals surface area contributed by atoms with E-state index < -0.39 is 6.04 Å². The molecule has 0 saturated carbocycles. The molecule has 2 rings (SSSR count). The van der Waals surface area contributed by atoms with Crippen LogP contribution < -0.4 is 11.1 Å². The maximum absolute atomic E-state index is 11.4. The lowest BCUT2D eigenvalue weighted by Crippen LogP contribution is -2.34. The van der Waals surface area contributed by atoms with Crippen molar-refractivity contribution in [3.05, 3.63) is 28.8 Å². The molecular weight excluding hydrogens is 200 g/mol. The van der Waals surface area contributed by atoms with E-state index in [1.54, 1.807) is 6.07 Å². The number of hydrogen-bond acceptors (Lipinski definition) is 2. The van der Waals surface area contributed by atoms with Gasteiger partial charge in [0, 0.05) is 10.7 Å². The SMILES string of the molecule is N[C@H]1CCc2cc(Cl)ccc2NC1=O. The third-order valence-electron chi connectivity index (χ3n) is 2.39. The average Bonchev–Trinajstić information content (AvgIpc) is 2.29. The number of halogens is 1. The monoisotopic (exact) mass is 210 g/mol. The average molecular weight is 211 g/mol. The molecule has 0 fully saturated rings. The van der Waals surface area contributed by atoms with E-state index in [0.717, 1.165) is 17.7 Å². The van der Waals surface area contributed by atoms with Gasteiger partial charge in [0.2, 0.25) is 5.91 Å². The summed E-state index contributed by atoms with van der Waals surface area (Å²) in [6.45, 7) is 0. The van der Waals surface area contributed by atoms with Gasteiger partial charge in [-0.1, -0.05) is 11.6 Å². The topological polar surface area (TPSA) is 55.1 Å². The summed E-state index contributed by atoms with van der Waals surface area (Å²) < 4.78 is 0. The summed E-state index contributed by atoms with van der Waals surface area (Å²) in [6.07, 6.45) is 1.45. The Morgan fingerprint density at radius 2 is 2.29 bits per heavy atom. The van der Waals surface area contributed by atoms with Crippen molar-refractivity contribution in [1.29, 1.82) is 0 Å². The number of anilines is 1. The van der Waals surface area contributed by atoms with Gasteiger partial charge in [-0.05, 0) is 36.6 Å². The first kappa shape index (κ1) is 9.49. The van der Waals surface area contributed by atoms with Gasteiger partial charge >= 0.3 is 0 Å². The number of carbonyl (C=O) groups is 1. The van der Waals surface area contributed by atoms with Gasteiger partial charge in [0.25, 0.3) is 0 Å². The minimum Gasteiger partial charge on any atom is -0.324 e. The Labute approximate surface area is 87.2 Å². The second kappa shape index (κ2) is 3.59. The molecule has 1 aliphatic rings. The fraction of sp³-hybridized carbons (Fsp3) is 0.300. The maximum Gasteiger partial charge on any atom is 0.241 e. The van der Waals surface area contributed by atoms with E-state index in [4.69, 9.17) is 17.3 Å². The molecule has 0 unspecified atom stereocenters. The number of nitrogens with two attached hydrogens (primary N) is 1. The maximum atomic E-state index is 11.4. The van der Waals surface area contributed by atoms with Crippen molar-refractivity contribution in [2.45, 2.75) is 18.9 Å². The summed E-state index contributed by atoms with van der Waals surface area (Å²) in [6, 6.07) is 5.03. The van der Waals surface area contributed by atoms with Gasteiger partial charge in [-0.2, -0.15) is 0 Å². The number of rotatable bonds is 0. The molecule has 3 N–H and O–H groups in total. The quantitative estimate of drug-likeness (QED) is 0.683. The fourth-order valence-corrected chi connectivity index (χ4v) is 1.75. The Balaban J connectivity index is 2.37. The van der Waals surface area contributed by atoms with E-state index >= 15 is 0 Å². The van der Waals surface area contributed by atoms with Crippen LogP contribution in [0, 0.1) is 0 Å². The normalized spacial score (nSPS) is 21.0. The van der Waals surface area contributed by atoms with Crippen LogP contribution in [-0.2, 0) is 11.2 Å². The smallest absolute Gasteiger partial charge is 0.241 e. The van der Waals surface area contributed by atoms with Crippen molar-refractivity contribution in [2.24, 2.45) is 5.73 Å². The van der Waals surface area contributed by atoms with Crippen LogP contribution in [-0.4, -0.2) is 11.9 Å². The van der Waals surface area contributed by atoms with Gasteiger partial charge in [0.1, 0.15) is 0 Å². The lowest BCUT2D eigenvalue weighted by molar-refractivity contribution is -0.117. The van der Waals surface area contributed by atoms with Gasteiger partial charge in [0.15, 0.2) is 0 Å². The minimum atomic E-state index is -0.416. The second-order valence-corrected chi connectivity index (χ2v) is 3.87. The lowest BCUT2D eigenvalue weighted by Gasteiger charge is -2.06. The summed E-state index contributed by atoms with van der Waals surface area (Å²) >= 11 is 5.86. The molecule has 74 valence electrons. The highest BCUT2D eigenvalue weighted by Crippen LogP contribution is 2.24. The first-order valence-corrected chi connectivity index (χ1v) is 4.89. The minimum absolute atomic E-state index is 0.119. The van der Waals surface area contributed by atoms with E-state index in [1.165, 1.54) is 0 Å². The van der Waals surface area contributed by atoms with Gasteiger partial charge in [-0.3, -0.25) is 4.79 Å². The molecule has 1 aliphatic heterocycles. The van der Waals surface area contributed by atoms with Crippen molar-refractivity contribution in [3.8, 4) is 0 Å². The predicted molar refractivity (Wildman–Crippen MR) is 56.4 cm³/mol. The summed E-state index contributed by atoms with van der Waals surface area (Å²) in [5.41, 5.74) is 7.53. The standard InChI is InChI=1S/C10H11ClN2O/c11-7-2-4-9-6(5-7)1-3-8(12)10(14)13-9/h2,4-5,8H,1,3,12H2,(H,13,14)/t8-/m0/s1. The molecule has 4 heteroatoms. The van der Waals surface area contributed by atoms with E-state index in [9.17, 15) is 4.79 Å². The van der Waals surface area contributed by atoms with Gasteiger partial charge in [-0.15, -0.1) is 0 Å². The van der Waals surface area contributed by atoms with Crippen LogP contribution in [0.25, 0.3) is 0 Å². The molecule has 0 radical (unpaired) electrons. The van der Waals surface area contributed by atoms with Crippen LogP contribution in [0.3, 0.4) is 0 Å². The van der Waals surface area contributed by atoms with Crippen molar-refractivity contribution >= 4 is 23.2 Å². The molecule has 0 saturated heterocycles. The molecule has 3 nitrogen and oxygen atoms in total. The molecular formula is C10H11ClN2O. The third-order valence-corrected chi connectivity index (χ3v) is 2.62. The Morgan fingerprint density at radius 1 is 1.50 bits per heavy atom. The number of amides is 1. The molecule has 1 atom stereocenters.